The molecule has 0 aromatic heterocycles. The van der Waals surface area contributed by atoms with Crippen LogP contribution in [0.4, 0.5) is 0 Å². The second kappa shape index (κ2) is 3.89. The quantitative estimate of drug-likeness (QED) is 0.686. The van der Waals surface area contributed by atoms with Crippen molar-refractivity contribution < 1.29 is 4.79 Å². The number of carbonyl (C=O) groups is 1. The van der Waals surface area contributed by atoms with Gasteiger partial charge in [0, 0.05) is 5.92 Å². The Morgan fingerprint density at radius 1 is 1.44 bits per heavy atom. The fourth-order valence-corrected chi connectivity index (χ4v) is 2.56. The molecule has 1 unspecified atom stereocenters. The predicted octanol–water partition coefficient (Wildman–Crippen LogP) is 3.68. The second-order valence-electron chi connectivity index (χ2n) is 5.22. The maximum atomic E-state index is 11.1. The lowest BCUT2D eigenvalue weighted by molar-refractivity contribution is -0.109. The number of hydrogen-bond donors (Lipinski definition) is 0. The molecule has 0 saturated carbocycles. The second-order valence-corrected chi connectivity index (χ2v) is 5.22. The maximum absolute atomic E-state index is 11.1. The Hall–Kier alpha value is -1.37. The lowest BCUT2D eigenvalue weighted by Crippen LogP contribution is -2.26. The average Bonchev–Trinajstić information content (AvgIpc) is 2.29. The summed E-state index contributed by atoms with van der Waals surface area (Å²) in [5.41, 5.74) is 3.83. The zero-order chi connectivity index (χ0) is 11.8. The first-order valence-corrected chi connectivity index (χ1v) is 5.80. The molecule has 1 aliphatic rings. The van der Waals surface area contributed by atoms with Crippen LogP contribution in [-0.4, -0.2) is 6.29 Å². The highest BCUT2D eigenvalue weighted by Crippen LogP contribution is 2.42. The Kier molecular flexibility index (Phi) is 2.71. The standard InChI is InChI=1S/C15H18O/c1-4-11-5-6-13-12(10-16)7-8-15(2,3)14(13)9-11/h4-6,9-10,12H,1,7-8H2,2-3H3. The van der Waals surface area contributed by atoms with Gasteiger partial charge in [0.1, 0.15) is 6.29 Å². The molecule has 84 valence electrons. The van der Waals surface area contributed by atoms with Gasteiger partial charge in [-0.15, -0.1) is 0 Å². The van der Waals surface area contributed by atoms with Gasteiger partial charge in [0.15, 0.2) is 0 Å². The number of rotatable bonds is 2. The molecular formula is C15H18O. The molecule has 0 saturated heterocycles. The smallest absolute Gasteiger partial charge is 0.127 e. The van der Waals surface area contributed by atoms with Gasteiger partial charge in [-0.3, -0.25) is 0 Å². The first kappa shape index (κ1) is 11.1. The van der Waals surface area contributed by atoms with E-state index in [0.29, 0.717) is 0 Å². The molecule has 0 aliphatic heterocycles. The monoisotopic (exact) mass is 214 g/mol. The van der Waals surface area contributed by atoms with Gasteiger partial charge in [-0.25, -0.2) is 0 Å². The Balaban J connectivity index is 2.59. The van der Waals surface area contributed by atoms with Crippen molar-refractivity contribution in [2.75, 3.05) is 0 Å². The zero-order valence-electron chi connectivity index (χ0n) is 9.99. The summed E-state index contributed by atoms with van der Waals surface area (Å²) in [4.78, 5) is 11.1. The molecule has 0 spiro atoms. The highest BCUT2D eigenvalue weighted by atomic mass is 16.1. The van der Waals surface area contributed by atoms with E-state index >= 15 is 0 Å². The van der Waals surface area contributed by atoms with Crippen LogP contribution >= 0.6 is 0 Å². The first-order valence-electron chi connectivity index (χ1n) is 5.80. The summed E-state index contributed by atoms with van der Waals surface area (Å²) in [6.07, 6.45) is 4.99. The van der Waals surface area contributed by atoms with Gasteiger partial charge in [0.05, 0.1) is 0 Å². The van der Waals surface area contributed by atoms with Gasteiger partial charge in [0.2, 0.25) is 0 Å². The number of fused-ring (bicyclic) bond motifs is 1. The Labute approximate surface area is 97.2 Å². The summed E-state index contributed by atoms with van der Waals surface area (Å²) >= 11 is 0. The van der Waals surface area contributed by atoms with E-state index in [4.69, 9.17) is 0 Å². The minimum atomic E-state index is 0.0851. The van der Waals surface area contributed by atoms with Gasteiger partial charge in [-0.05, 0) is 34.9 Å². The van der Waals surface area contributed by atoms with Gasteiger partial charge >= 0.3 is 0 Å². The SMILES string of the molecule is C=Cc1ccc2c(c1)C(C)(C)CCC2C=O. The number of carbonyl (C=O) groups excluding carboxylic acids is 1. The van der Waals surface area contributed by atoms with E-state index in [9.17, 15) is 4.79 Å². The zero-order valence-corrected chi connectivity index (χ0v) is 9.99. The molecule has 2 rings (SSSR count). The molecule has 1 aliphatic carbocycles. The summed E-state index contributed by atoms with van der Waals surface area (Å²) in [7, 11) is 0. The maximum Gasteiger partial charge on any atom is 0.127 e. The van der Waals surface area contributed by atoms with E-state index in [1.54, 1.807) is 0 Å². The van der Waals surface area contributed by atoms with Crippen molar-refractivity contribution in [3.05, 3.63) is 41.5 Å². The molecule has 0 fully saturated rings. The van der Waals surface area contributed by atoms with E-state index in [1.807, 2.05) is 12.1 Å². The Morgan fingerprint density at radius 2 is 2.19 bits per heavy atom. The summed E-state index contributed by atoms with van der Waals surface area (Å²) in [6.45, 7) is 8.30. The van der Waals surface area contributed by atoms with E-state index < -0.39 is 0 Å². The van der Waals surface area contributed by atoms with Crippen LogP contribution in [0.15, 0.2) is 24.8 Å². The van der Waals surface area contributed by atoms with Crippen molar-refractivity contribution in [2.45, 2.75) is 38.0 Å². The largest absolute Gasteiger partial charge is 0.303 e. The third-order valence-corrected chi connectivity index (χ3v) is 3.69. The van der Waals surface area contributed by atoms with Crippen LogP contribution in [-0.2, 0) is 10.2 Å². The first-order chi connectivity index (χ1) is 7.58. The Bertz CT molecular complexity index is 429. The summed E-state index contributed by atoms with van der Waals surface area (Å²) in [5.74, 6) is 0.0851. The van der Waals surface area contributed by atoms with Crippen molar-refractivity contribution in [1.82, 2.24) is 0 Å². The van der Waals surface area contributed by atoms with Gasteiger partial charge in [0.25, 0.3) is 0 Å². The molecule has 0 N–H and O–H groups in total. The topological polar surface area (TPSA) is 17.1 Å². The number of aldehydes is 1. The molecule has 16 heavy (non-hydrogen) atoms. The minimum absolute atomic E-state index is 0.0851. The highest BCUT2D eigenvalue weighted by Gasteiger charge is 2.32. The molecular weight excluding hydrogens is 196 g/mol. The van der Waals surface area contributed by atoms with E-state index in [2.05, 4.69) is 32.6 Å². The van der Waals surface area contributed by atoms with Crippen LogP contribution in [0.1, 0.15) is 49.3 Å². The van der Waals surface area contributed by atoms with Crippen LogP contribution < -0.4 is 0 Å². The van der Waals surface area contributed by atoms with Crippen LogP contribution in [0, 0.1) is 0 Å². The predicted molar refractivity (Wildman–Crippen MR) is 67.6 cm³/mol. The molecule has 1 atom stereocenters. The third kappa shape index (κ3) is 1.71. The fourth-order valence-electron chi connectivity index (χ4n) is 2.56. The van der Waals surface area contributed by atoms with E-state index in [0.717, 1.165) is 24.7 Å². The molecule has 1 heteroatoms. The van der Waals surface area contributed by atoms with Crippen molar-refractivity contribution in [3.63, 3.8) is 0 Å². The van der Waals surface area contributed by atoms with Crippen LogP contribution in [0.5, 0.6) is 0 Å². The lowest BCUT2D eigenvalue weighted by Gasteiger charge is -2.35. The molecule has 0 radical (unpaired) electrons. The van der Waals surface area contributed by atoms with Crippen LogP contribution in [0.2, 0.25) is 0 Å². The molecule has 1 aromatic carbocycles. The normalized spacial score (nSPS) is 22.2. The molecule has 1 nitrogen and oxygen atoms in total. The molecule has 1 aromatic rings. The van der Waals surface area contributed by atoms with Crippen LogP contribution in [0.25, 0.3) is 6.08 Å². The van der Waals surface area contributed by atoms with Crippen molar-refractivity contribution in [2.24, 2.45) is 0 Å². The van der Waals surface area contributed by atoms with Crippen molar-refractivity contribution in [1.29, 1.82) is 0 Å². The lowest BCUT2D eigenvalue weighted by atomic mass is 9.69. The van der Waals surface area contributed by atoms with Gasteiger partial charge in [-0.1, -0.05) is 44.7 Å². The molecule has 0 amide bonds. The molecule has 0 bridgehead atoms. The minimum Gasteiger partial charge on any atom is -0.303 e. The van der Waals surface area contributed by atoms with E-state index in [-0.39, 0.29) is 11.3 Å². The summed E-state index contributed by atoms with van der Waals surface area (Å²) in [5, 5.41) is 0. The number of benzene rings is 1. The summed E-state index contributed by atoms with van der Waals surface area (Å²) in [6, 6.07) is 6.31. The molecule has 0 heterocycles. The number of hydrogen-bond acceptors (Lipinski definition) is 1. The van der Waals surface area contributed by atoms with Crippen LogP contribution in [0.3, 0.4) is 0 Å². The Morgan fingerprint density at radius 3 is 2.81 bits per heavy atom. The summed E-state index contributed by atoms with van der Waals surface area (Å²) < 4.78 is 0. The highest BCUT2D eigenvalue weighted by molar-refractivity contribution is 5.66. The van der Waals surface area contributed by atoms with Crippen molar-refractivity contribution >= 4 is 12.4 Å². The van der Waals surface area contributed by atoms with Crippen molar-refractivity contribution in [3.8, 4) is 0 Å². The van der Waals surface area contributed by atoms with E-state index in [1.165, 1.54) is 11.1 Å². The third-order valence-electron chi connectivity index (χ3n) is 3.69. The average molecular weight is 214 g/mol. The van der Waals surface area contributed by atoms with Gasteiger partial charge < -0.3 is 4.79 Å². The fraction of sp³-hybridized carbons (Fsp3) is 0.400. The van der Waals surface area contributed by atoms with Gasteiger partial charge in [-0.2, -0.15) is 0 Å².